The molecule has 0 saturated carbocycles. The van der Waals surface area contributed by atoms with Crippen molar-refractivity contribution in [2.45, 2.75) is 38.7 Å². The van der Waals surface area contributed by atoms with Gasteiger partial charge in [0.25, 0.3) is 0 Å². The van der Waals surface area contributed by atoms with Crippen LogP contribution in [0, 0.1) is 0 Å². The number of benzene rings is 2. The van der Waals surface area contributed by atoms with Crippen molar-refractivity contribution in [1.29, 1.82) is 0 Å². The summed E-state index contributed by atoms with van der Waals surface area (Å²) in [7, 11) is 1.65. The van der Waals surface area contributed by atoms with Crippen LogP contribution in [0.5, 0.6) is 11.5 Å². The highest BCUT2D eigenvalue weighted by Crippen LogP contribution is 2.26. The highest BCUT2D eigenvalue weighted by molar-refractivity contribution is 5.77. The van der Waals surface area contributed by atoms with E-state index in [0.717, 1.165) is 47.7 Å². The Morgan fingerprint density at radius 3 is 2.09 bits per heavy atom. The first-order valence-corrected chi connectivity index (χ1v) is 11.6. The van der Waals surface area contributed by atoms with Crippen LogP contribution in [0.3, 0.4) is 0 Å². The van der Waals surface area contributed by atoms with E-state index >= 15 is 0 Å². The minimum Gasteiger partial charge on any atom is -0.501 e. The normalized spacial score (nSPS) is 16.0. The summed E-state index contributed by atoms with van der Waals surface area (Å²) in [6, 6.07) is 15.5. The summed E-state index contributed by atoms with van der Waals surface area (Å²) in [6.45, 7) is 2.31. The molecule has 176 valence electrons. The Balaban J connectivity index is 1.29. The smallest absolute Gasteiger partial charge is 0.352 e. The van der Waals surface area contributed by atoms with Gasteiger partial charge in [-0.2, -0.15) is 0 Å². The summed E-state index contributed by atoms with van der Waals surface area (Å²) in [5.41, 5.74) is 3.40. The van der Waals surface area contributed by atoms with E-state index < -0.39 is 12.1 Å². The Morgan fingerprint density at radius 1 is 0.853 bits per heavy atom. The third-order valence-corrected chi connectivity index (χ3v) is 5.78. The molecule has 0 spiro atoms. The zero-order chi connectivity index (χ0) is 23.8. The zero-order valence-electron chi connectivity index (χ0n) is 19.7. The molecule has 2 aliphatic rings. The summed E-state index contributed by atoms with van der Waals surface area (Å²) >= 11 is 0. The van der Waals surface area contributed by atoms with Crippen LogP contribution < -0.4 is 9.47 Å². The largest absolute Gasteiger partial charge is 0.501 e. The topological polar surface area (TPSA) is 54.0 Å². The van der Waals surface area contributed by atoms with Crippen LogP contribution in [0.4, 0.5) is 0 Å². The Labute approximate surface area is 201 Å². The van der Waals surface area contributed by atoms with Crippen molar-refractivity contribution < 1.29 is 23.7 Å². The number of carbonyl (C=O) groups is 1. The molecule has 0 aromatic heterocycles. The maximum atomic E-state index is 12.4. The van der Waals surface area contributed by atoms with E-state index in [1.165, 1.54) is 5.57 Å². The lowest BCUT2D eigenvalue weighted by molar-refractivity contribution is -0.144. The second kappa shape index (κ2) is 11.4. The van der Waals surface area contributed by atoms with Gasteiger partial charge in [0, 0.05) is 12.8 Å². The molecular formula is C29H30O5. The fourth-order valence-electron chi connectivity index (χ4n) is 3.75. The minimum atomic E-state index is -0.698. The molecular weight excluding hydrogens is 428 g/mol. The molecule has 0 amide bonds. The molecule has 0 aliphatic heterocycles. The van der Waals surface area contributed by atoms with E-state index in [0.29, 0.717) is 18.8 Å². The molecule has 0 bridgehead atoms. The molecule has 0 radical (unpaired) electrons. The predicted molar refractivity (Wildman–Crippen MR) is 132 cm³/mol. The van der Waals surface area contributed by atoms with Crippen LogP contribution in [-0.4, -0.2) is 25.8 Å². The van der Waals surface area contributed by atoms with Crippen molar-refractivity contribution in [3.8, 4) is 22.6 Å². The van der Waals surface area contributed by atoms with Gasteiger partial charge in [-0.1, -0.05) is 42.5 Å². The second-order valence-electron chi connectivity index (χ2n) is 8.28. The third kappa shape index (κ3) is 6.41. The van der Waals surface area contributed by atoms with Crippen molar-refractivity contribution in [2.24, 2.45) is 0 Å². The maximum Gasteiger partial charge on any atom is 0.352 e. The summed E-state index contributed by atoms with van der Waals surface area (Å²) in [5.74, 6) is 2.55. The summed E-state index contributed by atoms with van der Waals surface area (Å²) in [5, 5.41) is 0. The average Bonchev–Trinajstić information content (AvgIpc) is 2.89. The average molecular weight is 459 g/mol. The first-order valence-electron chi connectivity index (χ1n) is 11.6. The van der Waals surface area contributed by atoms with Gasteiger partial charge in [0.05, 0.1) is 18.6 Å². The van der Waals surface area contributed by atoms with E-state index in [1.54, 1.807) is 26.2 Å². The van der Waals surface area contributed by atoms with E-state index in [9.17, 15) is 4.79 Å². The SMILES string of the molecule is COC1=CC=C(OC(C)C(=O)Oc2ccc(-c3ccc(OCC4=CC=CCC4)cc3)cc2)CC1. The van der Waals surface area contributed by atoms with Gasteiger partial charge >= 0.3 is 5.97 Å². The van der Waals surface area contributed by atoms with Crippen LogP contribution >= 0.6 is 0 Å². The number of hydrogen-bond acceptors (Lipinski definition) is 5. The van der Waals surface area contributed by atoms with Crippen molar-refractivity contribution in [2.75, 3.05) is 13.7 Å². The number of hydrogen-bond donors (Lipinski definition) is 0. The van der Waals surface area contributed by atoms with E-state index in [1.807, 2.05) is 48.6 Å². The summed E-state index contributed by atoms with van der Waals surface area (Å²) in [4.78, 5) is 12.4. The Bertz CT molecular complexity index is 1100. The lowest BCUT2D eigenvalue weighted by atomic mass is 10.1. The van der Waals surface area contributed by atoms with Crippen LogP contribution in [-0.2, 0) is 14.3 Å². The molecule has 0 heterocycles. The quantitative estimate of drug-likeness (QED) is 0.316. The van der Waals surface area contributed by atoms with Crippen LogP contribution in [0.25, 0.3) is 11.1 Å². The number of methoxy groups -OCH3 is 1. The van der Waals surface area contributed by atoms with Crippen molar-refractivity contribution in [1.82, 2.24) is 0 Å². The van der Waals surface area contributed by atoms with E-state index in [-0.39, 0.29) is 0 Å². The molecule has 2 aromatic rings. The van der Waals surface area contributed by atoms with E-state index in [4.69, 9.17) is 18.9 Å². The summed E-state index contributed by atoms with van der Waals surface area (Å²) in [6.07, 6.45) is 13.0. The molecule has 4 rings (SSSR count). The minimum absolute atomic E-state index is 0.430. The molecule has 2 aliphatic carbocycles. The van der Waals surface area contributed by atoms with Crippen molar-refractivity contribution in [3.63, 3.8) is 0 Å². The lowest BCUT2D eigenvalue weighted by Gasteiger charge is -2.19. The zero-order valence-corrected chi connectivity index (χ0v) is 19.7. The number of rotatable bonds is 9. The molecule has 0 saturated heterocycles. The third-order valence-electron chi connectivity index (χ3n) is 5.78. The number of allylic oxidation sites excluding steroid dienone is 7. The highest BCUT2D eigenvalue weighted by atomic mass is 16.6. The lowest BCUT2D eigenvalue weighted by Crippen LogP contribution is -2.26. The number of esters is 1. The second-order valence-corrected chi connectivity index (χ2v) is 8.28. The van der Waals surface area contributed by atoms with Crippen LogP contribution in [0.15, 0.2) is 96.0 Å². The molecule has 0 fully saturated rings. The van der Waals surface area contributed by atoms with Gasteiger partial charge in [-0.15, -0.1) is 0 Å². The van der Waals surface area contributed by atoms with Gasteiger partial charge in [-0.25, -0.2) is 4.79 Å². The summed E-state index contributed by atoms with van der Waals surface area (Å²) < 4.78 is 22.4. The molecule has 1 unspecified atom stereocenters. The molecule has 1 atom stereocenters. The van der Waals surface area contributed by atoms with Crippen LogP contribution in [0.1, 0.15) is 32.6 Å². The van der Waals surface area contributed by atoms with Crippen molar-refractivity contribution in [3.05, 3.63) is 96.0 Å². The maximum absolute atomic E-state index is 12.4. The fraction of sp³-hybridized carbons (Fsp3) is 0.276. The number of ether oxygens (including phenoxy) is 4. The van der Waals surface area contributed by atoms with Crippen molar-refractivity contribution >= 4 is 5.97 Å². The van der Waals surface area contributed by atoms with Gasteiger partial charge in [0.15, 0.2) is 6.10 Å². The predicted octanol–water partition coefficient (Wildman–Crippen LogP) is 6.53. The van der Waals surface area contributed by atoms with Gasteiger partial charge in [-0.3, -0.25) is 0 Å². The first kappa shape index (κ1) is 23.4. The highest BCUT2D eigenvalue weighted by Gasteiger charge is 2.19. The van der Waals surface area contributed by atoms with Gasteiger partial charge in [0.1, 0.15) is 18.1 Å². The molecule has 34 heavy (non-hydrogen) atoms. The Kier molecular flexibility index (Phi) is 7.87. The fourth-order valence-corrected chi connectivity index (χ4v) is 3.75. The Hall–Kier alpha value is -3.73. The van der Waals surface area contributed by atoms with Gasteiger partial charge < -0.3 is 18.9 Å². The molecule has 2 aromatic carbocycles. The number of carbonyl (C=O) groups excluding carboxylic acids is 1. The molecule has 5 heteroatoms. The standard InChI is InChI=1S/C29H30O5/c1-21(33-27-18-16-25(31-2)17-19-27)29(30)34-28-14-10-24(11-15-28)23-8-12-26(13-9-23)32-20-22-6-4-3-5-7-22/h3-4,6,8-16,18,21H,5,7,17,19-20H2,1-2H3. The van der Waals surface area contributed by atoms with Gasteiger partial charge in [-0.05, 0) is 72.9 Å². The Morgan fingerprint density at radius 2 is 1.50 bits per heavy atom. The van der Waals surface area contributed by atoms with Gasteiger partial charge in [0.2, 0.25) is 0 Å². The van der Waals surface area contributed by atoms with E-state index in [2.05, 4.69) is 18.2 Å². The van der Waals surface area contributed by atoms with Crippen LogP contribution in [0.2, 0.25) is 0 Å². The monoisotopic (exact) mass is 458 g/mol. The first-order chi connectivity index (χ1) is 16.6. The molecule has 0 N–H and O–H groups in total. The molecule has 5 nitrogen and oxygen atoms in total.